The number of imidazole rings is 1. The Hall–Kier alpha value is -3.80. The number of amides is 3. The number of hydrogen-bond donors (Lipinski definition) is 5. The molecule has 2 aromatic carbocycles. The third-order valence-electron chi connectivity index (χ3n) is 5.93. The van der Waals surface area contributed by atoms with Gasteiger partial charge >= 0.3 is 0 Å². The Morgan fingerprint density at radius 3 is 2.32 bits per heavy atom. The van der Waals surface area contributed by atoms with E-state index >= 15 is 0 Å². The molecule has 3 aromatic rings. The van der Waals surface area contributed by atoms with Crippen molar-refractivity contribution in [2.45, 2.75) is 18.9 Å². The van der Waals surface area contributed by atoms with Gasteiger partial charge in [0.05, 0.1) is 23.0 Å². The normalized spacial score (nSPS) is 14.2. The van der Waals surface area contributed by atoms with Crippen molar-refractivity contribution >= 4 is 40.7 Å². The van der Waals surface area contributed by atoms with Gasteiger partial charge in [-0.3, -0.25) is 14.4 Å². The van der Waals surface area contributed by atoms with Crippen LogP contribution in [0.25, 0.3) is 0 Å². The largest absolute Gasteiger partial charge is 0.393 e. The summed E-state index contributed by atoms with van der Waals surface area (Å²) in [5.74, 6) is -2.08. The molecule has 1 aromatic heterocycles. The smallest absolute Gasteiger partial charge is 0.276 e. The van der Waals surface area contributed by atoms with Crippen molar-refractivity contribution < 1.29 is 23.9 Å². The summed E-state index contributed by atoms with van der Waals surface area (Å²) >= 11 is 5.93. The number of anilines is 2. The molecule has 0 bridgehead atoms. The van der Waals surface area contributed by atoms with Crippen molar-refractivity contribution in [3.05, 3.63) is 76.6 Å². The van der Waals surface area contributed by atoms with Gasteiger partial charge in [0, 0.05) is 37.6 Å². The minimum Gasteiger partial charge on any atom is -0.393 e. The van der Waals surface area contributed by atoms with Crippen molar-refractivity contribution in [2.24, 2.45) is 0 Å². The molecule has 0 spiro atoms. The summed E-state index contributed by atoms with van der Waals surface area (Å²) in [6.07, 6.45) is 2.45. The Morgan fingerprint density at radius 2 is 1.68 bits per heavy atom. The van der Waals surface area contributed by atoms with E-state index in [-0.39, 0.29) is 28.1 Å². The summed E-state index contributed by atoms with van der Waals surface area (Å²) in [4.78, 5) is 46.6. The topological polar surface area (TPSA) is 139 Å². The molecule has 1 aliphatic heterocycles. The lowest BCUT2D eigenvalue weighted by molar-refractivity contribution is 0.0803. The number of nitrogens with zero attached hydrogens (tertiary/aromatic N) is 2. The molecule has 1 aliphatic rings. The van der Waals surface area contributed by atoms with Crippen LogP contribution in [0.15, 0.2) is 48.8 Å². The molecule has 0 radical (unpaired) electrons. The summed E-state index contributed by atoms with van der Waals surface area (Å²) in [7, 11) is 0. The SMILES string of the molecule is O=C(Nc1ccc(NC(=O)c2nc[nH]c2C(=O)NCCN2CCC(O)CC2)cc1)c1ccc(F)cc1Cl. The number of aliphatic hydroxyl groups excluding tert-OH is 1. The van der Waals surface area contributed by atoms with Crippen LogP contribution in [0.1, 0.15) is 44.2 Å². The molecule has 12 heteroatoms. The number of H-pyrrole nitrogens is 1. The van der Waals surface area contributed by atoms with Crippen LogP contribution in [-0.2, 0) is 0 Å². The highest BCUT2D eigenvalue weighted by Crippen LogP contribution is 2.20. The van der Waals surface area contributed by atoms with Gasteiger partial charge in [-0.25, -0.2) is 9.37 Å². The zero-order valence-corrected chi connectivity index (χ0v) is 20.5. The summed E-state index contributed by atoms with van der Waals surface area (Å²) < 4.78 is 13.2. The molecule has 37 heavy (non-hydrogen) atoms. The molecule has 2 heterocycles. The molecule has 4 rings (SSSR count). The number of aliphatic hydroxyl groups is 1. The first-order chi connectivity index (χ1) is 17.8. The van der Waals surface area contributed by atoms with Gasteiger partial charge in [-0.15, -0.1) is 0 Å². The van der Waals surface area contributed by atoms with Gasteiger partial charge in [0.15, 0.2) is 5.69 Å². The lowest BCUT2D eigenvalue weighted by Gasteiger charge is -2.29. The Balaban J connectivity index is 1.30. The maximum Gasteiger partial charge on any atom is 0.276 e. The number of benzene rings is 2. The highest BCUT2D eigenvalue weighted by Gasteiger charge is 2.21. The number of hydrogen-bond acceptors (Lipinski definition) is 6. The molecule has 0 aliphatic carbocycles. The van der Waals surface area contributed by atoms with E-state index < -0.39 is 23.5 Å². The molecule has 1 fully saturated rings. The van der Waals surface area contributed by atoms with Crippen LogP contribution in [-0.4, -0.2) is 70.0 Å². The minimum atomic E-state index is -0.578. The average molecular weight is 529 g/mol. The number of halogens is 2. The predicted molar refractivity (Wildman–Crippen MR) is 136 cm³/mol. The van der Waals surface area contributed by atoms with Gasteiger partial charge in [0.25, 0.3) is 17.7 Å². The van der Waals surface area contributed by atoms with Crippen LogP contribution in [0.3, 0.4) is 0 Å². The first kappa shape index (κ1) is 26.3. The van der Waals surface area contributed by atoms with Crippen LogP contribution in [0.4, 0.5) is 15.8 Å². The van der Waals surface area contributed by atoms with Crippen molar-refractivity contribution in [1.82, 2.24) is 20.2 Å². The molecule has 3 amide bonds. The van der Waals surface area contributed by atoms with Crippen LogP contribution in [0, 0.1) is 5.82 Å². The number of aromatic amines is 1. The molecule has 10 nitrogen and oxygen atoms in total. The van der Waals surface area contributed by atoms with E-state index in [1.165, 1.54) is 12.4 Å². The van der Waals surface area contributed by atoms with E-state index in [2.05, 4.69) is 30.8 Å². The quantitative estimate of drug-likeness (QED) is 0.304. The average Bonchev–Trinajstić information content (AvgIpc) is 3.37. The molecule has 1 saturated heterocycles. The third-order valence-corrected chi connectivity index (χ3v) is 6.24. The standard InChI is InChI=1S/C25H26ClFN6O4/c26-20-13-15(27)1-6-19(20)23(35)31-16-2-4-17(5-3-16)32-25(37)22-21(29-14-30-22)24(36)28-9-12-33-10-7-18(34)8-11-33/h1-6,13-14,18,34H,7-12H2,(H,28,36)(H,29,30)(H,31,35)(H,32,37). The molecule has 0 unspecified atom stereocenters. The van der Waals surface area contributed by atoms with Gasteiger partial charge in [-0.2, -0.15) is 0 Å². The van der Waals surface area contributed by atoms with Gasteiger partial charge < -0.3 is 30.9 Å². The summed E-state index contributed by atoms with van der Waals surface area (Å²) in [5, 5.41) is 17.7. The Morgan fingerprint density at radius 1 is 1.03 bits per heavy atom. The maximum absolute atomic E-state index is 13.2. The second kappa shape index (κ2) is 12.0. The van der Waals surface area contributed by atoms with Crippen LogP contribution >= 0.6 is 11.6 Å². The van der Waals surface area contributed by atoms with E-state index in [9.17, 15) is 23.9 Å². The fourth-order valence-electron chi connectivity index (χ4n) is 3.90. The first-order valence-electron chi connectivity index (χ1n) is 11.7. The van der Waals surface area contributed by atoms with Crippen LogP contribution < -0.4 is 16.0 Å². The molecular formula is C25H26ClFN6O4. The third kappa shape index (κ3) is 6.91. The van der Waals surface area contributed by atoms with Gasteiger partial charge in [-0.05, 0) is 55.3 Å². The van der Waals surface area contributed by atoms with Gasteiger partial charge in [-0.1, -0.05) is 11.6 Å². The summed E-state index contributed by atoms with van der Waals surface area (Å²) in [6, 6.07) is 9.77. The Kier molecular flexibility index (Phi) is 8.49. The van der Waals surface area contributed by atoms with Crippen molar-refractivity contribution in [2.75, 3.05) is 36.8 Å². The Labute approximate surface area is 217 Å². The van der Waals surface area contributed by atoms with Crippen molar-refractivity contribution in [3.63, 3.8) is 0 Å². The van der Waals surface area contributed by atoms with Crippen LogP contribution in [0.2, 0.25) is 5.02 Å². The fraction of sp³-hybridized carbons (Fsp3) is 0.280. The van der Waals surface area contributed by atoms with Crippen molar-refractivity contribution in [3.8, 4) is 0 Å². The zero-order valence-electron chi connectivity index (χ0n) is 19.8. The first-order valence-corrected chi connectivity index (χ1v) is 12.1. The van der Waals surface area contributed by atoms with E-state index in [0.717, 1.165) is 38.1 Å². The van der Waals surface area contributed by atoms with Gasteiger partial charge in [0.2, 0.25) is 0 Å². The fourth-order valence-corrected chi connectivity index (χ4v) is 4.15. The van der Waals surface area contributed by atoms with E-state index in [1.54, 1.807) is 24.3 Å². The predicted octanol–water partition coefficient (Wildman–Crippen LogP) is 2.89. The molecule has 0 saturated carbocycles. The summed E-state index contributed by atoms with van der Waals surface area (Å²) in [6.45, 7) is 2.59. The van der Waals surface area contributed by atoms with Crippen LogP contribution in [0.5, 0.6) is 0 Å². The number of aromatic nitrogens is 2. The van der Waals surface area contributed by atoms with E-state index in [4.69, 9.17) is 11.6 Å². The number of likely N-dealkylation sites (tertiary alicyclic amines) is 1. The summed E-state index contributed by atoms with van der Waals surface area (Å²) in [5.41, 5.74) is 0.976. The second-order valence-corrected chi connectivity index (χ2v) is 8.97. The number of carbonyl (C=O) groups is 3. The number of carbonyl (C=O) groups excluding carboxylic acids is 3. The molecular weight excluding hydrogens is 503 g/mol. The number of piperidine rings is 1. The van der Waals surface area contributed by atoms with Crippen molar-refractivity contribution in [1.29, 1.82) is 0 Å². The van der Waals surface area contributed by atoms with Gasteiger partial charge in [0.1, 0.15) is 11.5 Å². The lowest BCUT2D eigenvalue weighted by atomic mass is 10.1. The Bertz CT molecular complexity index is 1270. The number of rotatable bonds is 8. The second-order valence-electron chi connectivity index (χ2n) is 8.56. The van der Waals surface area contributed by atoms with E-state index in [0.29, 0.717) is 24.5 Å². The zero-order chi connectivity index (χ0) is 26.4. The minimum absolute atomic E-state index is 0.00781. The number of nitrogens with one attached hydrogen (secondary N) is 4. The lowest BCUT2D eigenvalue weighted by Crippen LogP contribution is -2.41. The maximum atomic E-state index is 13.2. The molecule has 5 N–H and O–H groups in total. The van der Waals surface area contributed by atoms with E-state index in [1.807, 2.05) is 0 Å². The molecule has 0 atom stereocenters. The molecule has 194 valence electrons. The highest BCUT2D eigenvalue weighted by atomic mass is 35.5. The highest BCUT2D eigenvalue weighted by molar-refractivity contribution is 6.34. The monoisotopic (exact) mass is 528 g/mol.